The van der Waals surface area contributed by atoms with Crippen LogP contribution in [0.2, 0.25) is 0 Å². The molecule has 3 unspecified atom stereocenters. The van der Waals surface area contributed by atoms with Crippen molar-refractivity contribution in [3.05, 3.63) is 162 Å². The Morgan fingerprint density at radius 2 is 1.15 bits per heavy atom. The van der Waals surface area contributed by atoms with Gasteiger partial charge in [0.15, 0.2) is 0 Å². The standard InChI is InChI=1S/C52H51N/c1-52(2)48-20-12-11-18-44(48)46-31-32-49(50(51(46)52)45-19-10-9-17-43(45)38-15-7-4-8-16-38)53(41-27-23-37(24-28-41)36-13-5-3-6-14-36)42-29-25-39(26-30-42)47-34-35-21-22-40(47)33-35/h4,7-12,15-20,23-32,35-36,40,47H,3,5-6,13-14,21-22,33-34H2,1-2H3. The molecule has 0 radical (unpaired) electrons. The van der Waals surface area contributed by atoms with Crippen molar-refractivity contribution in [1.82, 2.24) is 0 Å². The molecule has 1 heteroatoms. The van der Waals surface area contributed by atoms with Gasteiger partial charge in [0.2, 0.25) is 0 Å². The number of anilines is 3. The van der Waals surface area contributed by atoms with Crippen LogP contribution in [-0.4, -0.2) is 0 Å². The van der Waals surface area contributed by atoms with E-state index in [1.807, 2.05) is 0 Å². The predicted octanol–water partition coefficient (Wildman–Crippen LogP) is 14.7. The Balaban J connectivity index is 1.19. The van der Waals surface area contributed by atoms with Crippen LogP contribution in [0.15, 0.2) is 140 Å². The molecule has 0 N–H and O–H groups in total. The lowest BCUT2D eigenvalue weighted by Crippen LogP contribution is -2.19. The highest BCUT2D eigenvalue weighted by atomic mass is 15.1. The van der Waals surface area contributed by atoms with Crippen molar-refractivity contribution < 1.29 is 0 Å². The smallest absolute Gasteiger partial charge is 0.0543 e. The number of hydrogen-bond acceptors (Lipinski definition) is 1. The lowest BCUT2D eigenvalue weighted by Gasteiger charge is -2.33. The van der Waals surface area contributed by atoms with Gasteiger partial charge in [0, 0.05) is 22.4 Å². The molecular weight excluding hydrogens is 639 g/mol. The maximum atomic E-state index is 2.58. The molecule has 0 amide bonds. The van der Waals surface area contributed by atoms with Crippen LogP contribution in [0.1, 0.15) is 106 Å². The summed E-state index contributed by atoms with van der Waals surface area (Å²) in [6.07, 6.45) is 12.4. The van der Waals surface area contributed by atoms with E-state index in [-0.39, 0.29) is 5.41 Å². The Morgan fingerprint density at radius 1 is 0.509 bits per heavy atom. The number of rotatable bonds is 7. The third kappa shape index (κ3) is 5.58. The van der Waals surface area contributed by atoms with E-state index >= 15 is 0 Å². The molecule has 264 valence electrons. The van der Waals surface area contributed by atoms with Gasteiger partial charge in [-0.1, -0.05) is 149 Å². The average molecular weight is 690 g/mol. The van der Waals surface area contributed by atoms with Gasteiger partial charge in [0.25, 0.3) is 0 Å². The maximum absolute atomic E-state index is 2.58. The minimum Gasteiger partial charge on any atom is -0.310 e. The van der Waals surface area contributed by atoms with Gasteiger partial charge < -0.3 is 4.90 Å². The topological polar surface area (TPSA) is 3.24 Å². The fourth-order valence-electron chi connectivity index (χ4n) is 11.2. The van der Waals surface area contributed by atoms with Gasteiger partial charge in [-0.25, -0.2) is 0 Å². The summed E-state index contributed by atoms with van der Waals surface area (Å²) >= 11 is 0. The van der Waals surface area contributed by atoms with E-state index in [1.54, 1.807) is 0 Å². The summed E-state index contributed by atoms with van der Waals surface area (Å²) in [5.41, 5.74) is 17.2. The summed E-state index contributed by atoms with van der Waals surface area (Å²) in [6, 6.07) is 53.5. The summed E-state index contributed by atoms with van der Waals surface area (Å²) in [5.74, 6) is 3.21. The molecule has 3 saturated carbocycles. The molecule has 53 heavy (non-hydrogen) atoms. The Morgan fingerprint density at radius 3 is 1.83 bits per heavy atom. The van der Waals surface area contributed by atoms with Gasteiger partial charge in [-0.15, -0.1) is 0 Å². The van der Waals surface area contributed by atoms with E-state index in [4.69, 9.17) is 0 Å². The lowest BCUT2D eigenvalue weighted by atomic mass is 9.77. The van der Waals surface area contributed by atoms with Crippen molar-refractivity contribution in [2.75, 3.05) is 4.90 Å². The highest BCUT2D eigenvalue weighted by molar-refractivity contribution is 6.01. The summed E-state index contributed by atoms with van der Waals surface area (Å²) < 4.78 is 0. The van der Waals surface area contributed by atoms with Crippen molar-refractivity contribution >= 4 is 17.1 Å². The molecule has 3 atom stereocenters. The molecule has 3 fully saturated rings. The summed E-state index contributed by atoms with van der Waals surface area (Å²) in [4.78, 5) is 2.58. The monoisotopic (exact) mass is 689 g/mol. The van der Waals surface area contributed by atoms with Gasteiger partial charge in [-0.05, 0) is 136 Å². The lowest BCUT2D eigenvalue weighted by molar-refractivity contribution is 0.420. The first kappa shape index (κ1) is 32.7. The third-order valence-corrected chi connectivity index (χ3v) is 13.8. The number of fused-ring (bicyclic) bond motifs is 5. The fraction of sp³-hybridized carbons (Fsp3) is 0.308. The van der Waals surface area contributed by atoms with Crippen molar-refractivity contribution in [3.8, 4) is 33.4 Å². The summed E-state index contributed by atoms with van der Waals surface area (Å²) in [6.45, 7) is 4.87. The van der Waals surface area contributed by atoms with E-state index in [2.05, 4.69) is 158 Å². The van der Waals surface area contributed by atoms with Crippen molar-refractivity contribution in [1.29, 1.82) is 0 Å². The second-order valence-corrected chi connectivity index (χ2v) is 17.1. The van der Waals surface area contributed by atoms with E-state index in [1.165, 1.54) is 130 Å². The van der Waals surface area contributed by atoms with Crippen molar-refractivity contribution in [2.24, 2.45) is 11.8 Å². The molecule has 4 aliphatic rings. The van der Waals surface area contributed by atoms with Crippen LogP contribution in [-0.2, 0) is 5.41 Å². The van der Waals surface area contributed by atoms with E-state index in [9.17, 15) is 0 Å². The first-order valence-electron chi connectivity index (χ1n) is 20.5. The maximum Gasteiger partial charge on any atom is 0.0543 e. The zero-order valence-corrected chi connectivity index (χ0v) is 31.4. The molecule has 6 aromatic carbocycles. The highest BCUT2D eigenvalue weighted by Crippen LogP contribution is 2.57. The van der Waals surface area contributed by atoms with Crippen molar-refractivity contribution in [3.63, 3.8) is 0 Å². The first-order chi connectivity index (χ1) is 26.0. The summed E-state index contributed by atoms with van der Waals surface area (Å²) in [7, 11) is 0. The zero-order valence-electron chi connectivity index (χ0n) is 31.4. The highest BCUT2D eigenvalue weighted by Gasteiger charge is 2.41. The molecule has 6 aromatic rings. The SMILES string of the molecule is CC1(C)c2ccccc2-c2ccc(N(c3ccc(C4CCCCC4)cc3)c3ccc(C4CC5CCC4C5)cc3)c(-c3ccccc3-c3ccccc3)c21. The van der Waals surface area contributed by atoms with Gasteiger partial charge in [-0.2, -0.15) is 0 Å². The van der Waals surface area contributed by atoms with Gasteiger partial charge in [-0.3, -0.25) is 0 Å². The van der Waals surface area contributed by atoms with E-state index in [0.717, 1.165) is 17.8 Å². The van der Waals surface area contributed by atoms with Gasteiger partial charge in [0.1, 0.15) is 0 Å². The number of hydrogen-bond donors (Lipinski definition) is 0. The number of benzene rings is 6. The molecule has 10 rings (SSSR count). The molecule has 0 spiro atoms. The largest absolute Gasteiger partial charge is 0.310 e. The van der Waals surface area contributed by atoms with Gasteiger partial charge >= 0.3 is 0 Å². The molecule has 0 aromatic heterocycles. The quantitative estimate of drug-likeness (QED) is 0.161. The molecule has 4 aliphatic carbocycles. The molecule has 1 nitrogen and oxygen atoms in total. The first-order valence-corrected chi connectivity index (χ1v) is 20.5. The molecule has 2 bridgehead atoms. The van der Waals surface area contributed by atoms with Crippen LogP contribution in [0, 0.1) is 11.8 Å². The predicted molar refractivity (Wildman–Crippen MR) is 224 cm³/mol. The van der Waals surface area contributed by atoms with Crippen LogP contribution < -0.4 is 4.90 Å². The Kier molecular flexibility index (Phi) is 8.16. The number of nitrogens with zero attached hydrogens (tertiary/aromatic N) is 1. The Hall–Kier alpha value is -4.88. The Bertz CT molecular complexity index is 2250. The van der Waals surface area contributed by atoms with Crippen LogP contribution in [0.4, 0.5) is 17.1 Å². The molecule has 0 aliphatic heterocycles. The van der Waals surface area contributed by atoms with Crippen molar-refractivity contribution in [2.45, 2.75) is 88.9 Å². The average Bonchev–Trinajstić information content (AvgIpc) is 3.92. The normalized spacial score (nSPS) is 21.4. The molecular formula is C52H51N. The zero-order chi connectivity index (χ0) is 35.5. The summed E-state index contributed by atoms with van der Waals surface area (Å²) in [5, 5.41) is 0. The minimum atomic E-state index is -0.177. The third-order valence-electron chi connectivity index (χ3n) is 13.8. The van der Waals surface area contributed by atoms with Crippen LogP contribution in [0.5, 0.6) is 0 Å². The van der Waals surface area contributed by atoms with Gasteiger partial charge in [0.05, 0.1) is 5.69 Å². The molecule has 0 saturated heterocycles. The molecule has 0 heterocycles. The van der Waals surface area contributed by atoms with Crippen LogP contribution >= 0.6 is 0 Å². The van der Waals surface area contributed by atoms with E-state index in [0.29, 0.717) is 5.92 Å². The minimum absolute atomic E-state index is 0.177. The van der Waals surface area contributed by atoms with E-state index < -0.39 is 0 Å². The Labute approximate surface area is 316 Å². The van der Waals surface area contributed by atoms with Crippen LogP contribution in [0.25, 0.3) is 33.4 Å². The fourth-order valence-corrected chi connectivity index (χ4v) is 11.2. The second kappa shape index (κ2) is 13.2. The van der Waals surface area contributed by atoms with Crippen LogP contribution in [0.3, 0.4) is 0 Å². The second-order valence-electron chi connectivity index (χ2n) is 17.1.